The number of sulfone groups is 1. The summed E-state index contributed by atoms with van der Waals surface area (Å²) in [6, 6.07) is 9.72. The van der Waals surface area contributed by atoms with Crippen molar-refractivity contribution in [1.82, 2.24) is 4.90 Å². The van der Waals surface area contributed by atoms with Crippen LogP contribution in [0.15, 0.2) is 41.3 Å². The van der Waals surface area contributed by atoms with Gasteiger partial charge in [0, 0.05) is 30.6 Å². The molecule has 176 valence electrons. The molecule has 2 rings (SSSR count). The van der Waals surface area contributed by atoms with Crippen molar-refractivity contribution >= 4 is 21.4 Å². The van der Waals surface area contributed by atoms with Gasteiger partial charge in [0.05, 0.1) is 39.4 Å². The van der Waals surface area contributed by atoms with Gasteiger partial charge in [-0.05, 0) is 31.7 Å². The third kappa shape index (κ3) is 7.31. The van der Waals surface area contributed by atoms with Crippen LogP contribution in [0.1, 0.15) is 6.42 Å². The van der Waals surface area contributed by atoms with E-state index in [1.54, 1.807) is 24.3 Å². The van der Waals surface area contributed by atoms with Gasteiger partial charge in [-0.3, -0.25) is 9.69 Å². The molecule has 0 fully saturated rings. The second-order valence-electron chi connectivity index (χ2n) is 7.15. The maximum Gasteiger partial charge on any atom is 0.238 e. The highest BCUT2D eigenvalue weighted by Crippen LogP contribution is 2.39. The van der Waals surface area contributed by atoms with Crippen LogP contribution in [0.5, 0.6) is 23.0 Å². The van der Waals surface area contributed by atoms with E-state index in [-0.39, 0.29) is 17.3 Å². The number of nitrogens with zero attached hydrogens (tertiary/aromatic N) is 1. The molecule has 0 spiro atoms. The number of hydrogen-bond acceptors (Lipinski definition) is 8. The summed E-state index contributed by atoms with van der Waals surface area (Å²) in [6.07, 6.45) is 1.82. The number of likely N-dealkylation sites (N-methyl/N-ethyl adjacent to an activating group) is 1. The molecule has 0 aliphatic rings. The van der Waals surface area contributed by atoms with Crippen molar-refractivity contribution in [3.8, 4) is 23.0 Å². The number of methoxy groups -OCH3 is 3. The van der Waals surface area contributed by atoms with Crippen molar-refractivity contribution in [2.45, 2.75) is 11.3 Å². The molecule has 9 nitrogen and oxygen atoms in total. The first-order valence-electron chi connectivity index (χ1n) is 9.89. The zero-order valence-corrected chi connectivity index (χ0v) is 19.8. The van der Waals surface area contributed by atoms with Gasteiger partial charge in [-0.1, -0.05) is 6.07 Å². The zero-order chi connectivity index (χ0) is 23.7. The van der Waals surface area contributed by atoms with Gasteiger partial charge < -0.3 is 24.3 Å². The normalized spacial score (nSPS) is 11.2. The first kappa shape index (κ1) is 25.3. The molecule has 2 aromatic rings. The number of amides is 1. The van der Waals surface area contributed by atoms with E-state index >= 15 is 0 Å². The lowest BCUT2D eigenvalue weighted by Gasteiger charge is -2.18. The molecule has 0 atom stereocenters. The molecule has 0 aromatic heterocycles. The number of carbonyl (C=O) groups is 1. The minimum atomic E-state index is -3.28. The summed E-state index contributed by atoms with van der Waals surface area (Å²) >= 11 is 0. The molecule has 1 amide bonds. The molecule has 0 aliphatic carbocycles. The lowest BCUT2D eigenvalue weighted by molar-refractivity contribution is -0.117. The van der Waals surface area contributed by atoms with Gasteiger partial charge in [0.2, 0.25) is 11.7 Å². The van der Waals surface area contributed by atoms with Crippen LogP contribution < -0.4 is 24.3 Å². The molecule has 0 unspecified atom stereocenters. The van der Waals surface area contributed by atoms with Crippen molar-refractivity contribution in [2.24, 2.45) is 0 Å². The summed E-state index contributed by atoms with van der Waals surface area (Å²) < 4.78 is 44.7. The second kappa shape index (κ2) is 11.6. The summed E-state index contributed by atoms with van der Waals surface area (Å²) in [5.41, 5.74) is 0.534. The van der Waals surface area contributed by atoms with Crippen molar-refractivity contribution in [3.05, 3.63) is 36.4 Å². The minimum Gasteiger partial charge on any atom is -0.494 e. The van der Waals surface area contributed by atoms with Gasteiger partial charge >= 0.3 is 0 Å². The predicted octanol–water partition coefficient (Wildman–Crippen LogP) is 2.46. The minimum absolute atomic E-state index is 0.181. The first-order valence-corrected chi connectivity index (χ1v) is 11.8. The maximum atomic E-state index is 12.4. The van der Waals surface area contributed by atoms with Crippen LogP contribution in [-0.2, 0) is 14.6 Å². The first-order chi connectivity index (χ1) is 15.2. The Balaban J connectivity index is 1.82. The highest BCUT2D eigenvalue weighted by molar-refractivity contribution is 7.90. The summed E-state index contributed by atoms with van der Waals surface area (Å²) in [7, 11) is 3.09. The average molecular weight is 467 g/mol. The average Bonchev–Trinajstić information content (AvgIpc) is 2.75. The molecule has 32 heavy (non-hydrogen) atoms. The quantitative estimate of drug-likeness (QED) is 0.476. The van der Waals surface area contributed by atoms with Crippen LogP contribution >= 0.6 is 0 Å². The summed E-state index contributed by atoms with van der Waals surface area (Å²) in [5.74, 6) is 1.66. The Labute approximate surface area is 189 Å². The molecule has 0 bridgehead atoms. The van der Waals surface area contributed by atoms with Crippen LogP contribution in [-0.4, -0.2) is 73.6 Å². The number of anilines is 1. The second-order valence-corrected chi connectivity index (χ2v) is 9.16. The molecular weight excluding hydrogens is 436 g/mol. The standard InChI is InChI=1S/C22H30N2O7S/c1-24(10-7-11-31-17-8-6-9-18(14-17)32(5,26)27)15-21(25)23-16-12-19(28-2)22(30-4)20(13-16)29-3/h6,8-9,12-14H,7,10-11,15H2,1-5H3,(H,23,25). The van der Waals surface area contributed by atoms with Crippen molar-refractivity contribution in [1.29, 1.82) is 0 Å². The van der Waals surface area contributed by atoms with Crippen LogP contribution in [0.25, 0.3) is 0 Å². The van der Waals surface area contributed by atoms with Crippen LogP contribution in [0, 0.1) is 0 Å². The maximum absolute atomic E-state index is 12.4. The van der Waals surface area contributed by atoms with Gasteiger partial charge in [-0.2, -0.15) is 0 Å². The highest BCUT2D eigenvalue weighted by Gasteiger charge is 2.15. The Hall–Kier alpha value is -2.98. The zero-order valence-electron chi connectivity index (χ0n) is 19.0. The van der Waals surface area contributed by atoms with Crippen molar-refractivity contribution in [2.75, 3.05) is 59.6 Å². The van der Waals surface area contributed by atoms with E-state index in [1.807, 2.05) is 11.9 Å². The molecule has 10 heteroatoms. The van der Waals surface area contributed by atoms with Gasteiger partial charge in [0.15, 0.2) is 21.3 Å². The number of nitrogens with one attached hydrogen (secondary N) is 1. The molecule has 0 aliphatic heterocycles. The van der Waals surface area contributed by atoms with Crippen LogP contribution in [0.2, 0.25) is 0 Å². The third-order valence-electron chi connectivity index (χ3n) is 4.55. The fourth-order valence-corrected chi connectivity index (χ4v) is 3.65. The fraction of sp³-hybridized carbons (Fsp3) is 0.409. The lowest BCUT2D eigenvalue weighted by Crippen LogP contribution is -2.31. The fourth-order valence-electron chi connectivity index (χ4n) is 3.00. The number of carbonyl (C=O) groups excluding carboxylic acids is 1. The van der Waals surface area contributed by atoms with Gasteiger partial charge in [-0.25, -0.2) is 8.42 Å². The van der Waals surface area contributed by atoms with E-state index in [1.165, 1.54) is 33.5 Å². The Morgan fingerprint density at radius 3 is 2.25 bits per heavy atom. The molecule has 2 aromatic carbocycles. The van der Waals surface area contributed by atoms with Crippen molar-refractivity contribution in [3.63, 3.8) is 0 Å². The SMILES string of the molecule is COc1cc(NC(=O)CN(C)CCCOc2cccc(S(C)(=O)=O)c2)cc(OC)c1OC. The smallest absolute Gasteiger partial charge is 0.238 e. The summed E-state index contributed by atoms with van der Waals surface area (Å²) in [4.78, 5) is 14.5. The van der Waals surface area contributed by atoms with Gasteiger partial charge in [0.25, 0.3) is 0 Å². The number of benzene rings is 2. The van der Waals surface area contributed by atoms with E-state index in [4.69, 9.17) is 18.9 Å². The van der Waals surface area contributed by atoms with Gasteiger partial charge in [0.1, 0.15) is 5.75 Å². The van der Waals surface area contributed by atoms with Gasteiger partial charge in [-0.15, -0.1) is 0 Å². The van der Waals surface area contributed by atoms with E-state index in [9.17, 15) is 13.2 Å². The Morgan fingerprint density at radius 2 is 1.69 bits per heavy atom. The van der Waals surface area contributed by atoms with E-state index in [0.29, 0.717) is 48.3 Å². The number of hydrogen-bond donors (Lipinski definition) is 1. The van der Waals surface area contributed by atoms with E-state index in [2.05, 4.69) is 5.32 Å². The summed E-state index contributed by atoms with van der Waals surface area (Å²) in [5, 5.41) is 2.83. The Kier molecular flexibility index (Phi) is 9.15. The monoisotopic (exact) mass is 466 g/mol. The molecule has 0 saturated carbocycles. The largest absolute Gasteiger partial charge is 0.494 e. The lowest BCUT2D eigenvalue weighted by atomic mass is 10.2. The topological polar surface area (TPSA) is 103 Å². The molecular formula is C22H30N2O7S. The summed E-state index contributed by atoms with van der Waals surface area (Å²) in [6.45, 7) is 1.20. The van der Waals surface area contributed by atoms with E-state index < -0.39 is 9.84 Å². The number of ether oxygens (including phenoxy) is 4. The molecule has 1 N–H and O–H groups in total. The third-order valence-corrected chi connectivity index (χ3v) is 5.66. The van der Waals surface area contributed by atoms with E-state index in [0.717, 1.165) is 6.26 Å². The number of rotatable bonds is 12. The Morgan fingerprint density at radius 1 is 1.03 bits per heavy atom. The molecule has 0 radical (unpaired) electrons. The van der Waals surface area contributed by atoms with Crippen LogP contribution in [0.4, 0.5) is 5.69 Å². The molecule has 0 saturated heterocycles. The van der Waals surface area contributed by atoms with Crippen LogP contribution in [0.3, 0.4) is 0 Å². The Bertz CT molecular complexity index is 1000. The predicted molar refractivity (Wildman–Crippen MR) is 122 cm³/mol. The molecule has 0 heterocycles. The highest BCUT2D eigenvalue weighted by atomic mass is 32.2. The van der Waals surface area contributed by atoms with Crippen molar-refractivity contribution < 1.29 is 32.2 Å².